The molecule has 31 heavy (non-hydrogen) atoms. The molecule has 0 fully saturated rings. The standard InChI is InChI=1S/C30H40O/c1-18-11-19-13-21-16-30(8,9)17-23(21)26(22(19)12-18)20-14-24(28(2,3)4)27(31-10)25(15-20)29(5,6)7/h11,13-15H,12,16-17H2,1-10H3. The fourth-order valence-electron chi connectivity index (χ4n) is 5.64. The zero-order valence-electron chi connectivity index (χ0n) is 21.3. The topological polar surface area (TPSA) is 9.23 Å². The van der Waals surface area contributed by atoms with Crippen LogP contribution in [0.25, 0.3) is 17.2 Å². The average molecular weight is 417 g/mol. The quantitative estimate of drug-likeness (QED) is 0.481. The summed E-state index contributed by atoms with van der Waals surface area (Å²) in [6.07, 6.45) is 5.80. The second-order valence-corrected chi connectivity index (χ2v) is 12.7. The van der Waals surface area contributed by atoms with E-state index in [1.807, 2.05) is 7.11 Å². The van der Waals surface area contributed by atoms with E-state index >= 15 is 0 Å². The van der Waals surface area contributed by atoms with Gasteiger partial charge in [0.05, 0.1) is 7.11 Å². The molecule has 0 saturated heterocycles. The summed E-state index contributed by atoms with van der Waals surface area (Å²) in [7, 11) is 1.83. The maximum Gasteiger partial charge on any atom is 0.126 e. The van der Waals surface area contributed by atoms with Crippen LogP contribution in [-0.4, -0.2) is 7.11 Å². The molecule has 2 aromatic rings. The molecular formula is C30H40O. The Morgan fingerprint density at radius 1 is 0.839 bits per heavy atom. The van der Waals surface area contributed by atoms with Crippen molar-refractivity contribution in [3.8, 4) is 16.9 Å². The molecule has 0 saturated carbocycles. The van der Waals surface area contributed by atoms with Gasteiger partial charge in [-0.3, -0.25) is 0 Å². The monoisotopic (exact) mass is 416 g/mol. The van der Waals surface area contributed by atoms with E-state index in [0.29, 0.717) is 5.41 Å². The Morgan fingerprint density at radius 2 is 1.42 bits per heavy atom. The summed E-state index contributed by atoms with van der Waals surface area (Å²) in [5.41, 5.74) is 13.4. The molecule has 0 heterocycles. The lowest BCUT2D eigenvalue weighted by molar-refractivity contribution is 0.381. The Morgan fingerprint density at radius 3 is 1.94 bits per heavy atom. The van der Waals surface area contributed by atoms with Gasteiger partial charge in [0.25, 0.3) is 0 Å². The largest absolute Gasteiger partial charge is 0.496 e. The first-order valence-corrected chi connectivity index (χ1v) is 11.8. The van der Waals surface area contributed by atoms with Gasteiger partial charge in [0.1, 0.15) is 5.75 Å². The van der Waals surface area contributed by atoms with Gasteiger partial charge in [-0.15, -0.1) is 0 Å². The molecule has 2 aliphatic rings. The molecule has 0 atom stereocenters. The van der Waals surface area contributed by atoms with E-state index < -0.39 is 0 Å². The number of methoxy groups -OCH3 is 1. The Bertz CT molecular complexity index is 1050. The lowest BCUT2D eigenvalue weighted by atomic mass is 9.76. The van der Waals surface area contributed by atoms with E-state index in [-0.39, 0.29) is 10.8 Å². The van der Waals surface area contributed by atoms with Gasteiger partial charge < -0.3 is 4.74 Å². The summed E-state index contributed by atoms with van der Waals surface area (Å²) in [4.78, 5) is 0. The minimum Gasteiger partial charge on any atom is -0.496 e. The van der Waals surface area contributed by atoms with Crippen molar-refractivity contribution in [2.45, 2.75) is 92.4 Å². The van der Waals surface area contributed by atoms with Crippen LogP contribution in [0.2, 0.25) is 0 Å². The van der Waals surface area contributed by atoms with Crippen LogP contribution >= 0.6 is 0 Å². The van der Waals surface area contributed by atoms with Crippen molar-refractivity contribution >= 4 is 6.08 Å². The average Bonchev–Trinajstić information content (AvgIpc) is 3.13. The van der Waals surface area contributed by atoms with Gasteiger partial charge in [-0.2, -0.15) is 0 Å². The number of allylic oxidation sites excluding steroid dienone is 1. The molecule has 0 radical (unpaired) electrons. The van der Waals surface area contributed by atoms with Gasteiger partial charge in [0, 0.05) is 11.1 Å². The number of rotatable bonds is 2. The molecule has 0 aromatic heterocycles. The van der Waals surface area contributed by atoms with E-state index in [2.05, 4.69) is 86.6 Å². The van der Waals surface area contributed by atoms with Crippen LogP contribution in [0.15, 0.2) is 23.8 Å². The van der Waals surface area contributed by atoms with E-state index in [4.69, 9.17) is 4.74 Å². The minimum atomic E-state index is 0.00984. The lowest BCUT2D eigenvalue weighted by Gasteiger charge is -2.31. The molecular weight excluding hydrogens is 376 g/mol. The van der Waals surface area contributed by atoms with Crippen molar-refractivity contribution in [2.75, 3.05) is 7.11 Å². The maximum absolute atomic E-state index is 6.05. The molecule has 0 unspecified atom stereocenters. The van der Waals surface area contributed by atoms with Crippen LogP contribution < -0.4 is 4.74 Å². The Hall–Kier alpha value is -2.02. The van der Waals surface area contributed by atoms with Crippen molar-refractivity contribution in [3.05, 3.63) is 57.2 Å². The summed E-state index contributed by atoms with van der Waals surface area (Å²) in [5.74, 6) is 1.06. The SMILES string of the molecule is COc1c(C(C)(C)C)cc(-c2c3c(cc4c2CC(C)(C)C4)C=C(C)C3)cc1C(C)(C)C. The number of hydrogen-bond acceptors (Lipinski definition) is 1. The Labute approximate surface area is 189 Å². The summed E-state index contributed by atoms with van der Waals surface area (Å²) >= 11 is 0. The highest BCUT2D eigenvalue weighted by molar-refractivity contribution is 5.83. The third-order valence-electron chi connectivity index (χ3n) is 7.05. The highest BCUT2D eigenvalue weighted by atomic mass is 16.5. The number of benzene rings is 2. The van der Waals surface area contributed by atoms with E-state index in [1.54, 1.807) is 11.1 Å². The molecule has 4 rings (SSSR count). The van der Waals surface area contributed by atoms with Crippen molar-refractivity contribution in [3.63, 3.8) is 0 Å². The summed E-state index contributed by atoms with van der Waals surface area (Å²) in [5, 5.41) is 0. The maximum atomic E-state index is 6.05. The molecule has 166 valence electrons. The number of fused-ring (bicyclic) bond motifs is 2. The fourth-order valence-corrected chi connectivity index (χ4v) is 5.64. The molecule has 0 spiro atoms. The van der Waals surface area contributed by atoms with Gasteiger partial charge >= 0.3 is 0 Å². The van der Waals surface area contributed by atoms with E-state index in [1.165, 1.54) is 45.4 Å². The third kappa shape index (κ3) is 3.86. The molecule has 1 nitrogen and oxygen atoms in total. The highest BCUT2D eigenvalue weighted by Gasteiger charge is 2.35. The summed E-state index contributed by atoms with van der Waals surface area (Å²) in [6.45, 7) is 20.9. The van der Waals surface area contributed by atoms with Crippen molar-refractivity contribution < 1.29 is 4.74 Å². The van der Waals surface area contributed by atoms with Gasteiger partial charge in [-0.1, -0.05) is 73.1 Å². The van der Waals surface area contributed by atoms with Crippen LogP contribution in [0, 0.1) is 5.41 Å². The second kappa shape index (κ2) is 6.99. The van der Waals surface area contributed by atoms with E-state index in [0.717, 1.165) is 18.6 Å². The fraction of sp³-hybridized carbons (Fsp3) is 0.533. The van der Waals surface area contributed by atoms with Crippen LogP contribution in [0.4, 0.5) is 0 Å². The van der Waals surface area contributed by atoms with Crippen molar-refractivity contribution in [1.29, 1.82) is 0 Å². The lowest BCUT2D eigenvalue weighted by Crippen LogP contribution is -2.19. The zero-order chi connectivity index (χ0) is 22.9. The third-order valence-corrected chi connectivity index (χ3v) is 7.05. The molecule has 0 N–H and O–H groups in total. The Balaban J connectivity index is 2.07. The minimum absolute atomic E-state index is 0.00984. The molecule has 2 aromatic carbocycles. The van der Waals surface area contributed by atoms with Crippen molar-refractivity contribution in [1.82, 2.24) is 0 Å². The van der Waals surface area contributed by atoms with Gasteiger partial charge in [0.15, 0.2) is 0 Å². The van der Waals surface area contributed by atoms with Crippen LogP contribution in [0.1, 0.15) is 95.7 Å². The number of hydrogen-bond donors (Lipinski definition) is 0. The molecule has 0 amide bonds. The van der Waals surface area contributed by atoms with Crippen LogP contribution in [0.3, 0.4) is 0 Å². The van der Waals surface area contributed by atoms with E-state index in [9.17, 15) is 0 Å². The predicted molar refractivity (Wildman–Crippen MR) is 134 cm³/mol. The summed E-state index contributed by atoms with van der Waals surface area (Å²) in [6, 6.07) is 7.35. The van der Waals surface area contributed by atoms with Crippen LogP contribution in [0.5, 0.6) is 5.75 Å². The Kier molecular flexibility index (Phi) is 5.00. The molecule has 0 bridgehead atoms. The molecule has 0 aliphatic heterocycles. The smallest absolute Gasteiger partial charge is 0.126 e. The molecule has 1 heteroatoms. The first-order chi connectivity index (χ1) is 14.2. The molecule has 2 aliphatic carbocycles. The first-order valence-electron chi connectivity index (χ1n) is 11.8. The number of ether oxygens (including phenoxy) is 1. The summed E-state index contributed by atoms with van der Waals surface area (Å²) < 4.78 is 6.05. The highest BCUT2D eigenvalue weighted by Crippen LogP contribution is 2.49. The van der Waals surface area contributed by atoms with Gasteiger partial charge in [-0.25, -0.2) is 0 Å². The van der Waals surface area contributed by atoms with Crippen molar-refractivity contribution in [2.24, 2.45) is 5.41 Å². The predicted octanol–water partition coefficient (Wildman–Crippen LogP) is 8.04. The van der Waals surface area contributed by atoms with Gasteiger partial charge in [0.2, 0.25) is 0 Å². The first kappa shape index (κ1) is 22.2. The van der Waals surface area contributed by atoms with Gasteiger partial charge in [-0.05, 0) is 87.9 Å². The second-order valence-electron chi connectivity index (χ2n) is 12.7. The van der Waals surface area contributed by atoms with Crippen LogP contribution in [-0.2, 0) is 30.1 Å². The normalized spacial score (nSPS) is 17.4. The zero-order valence-corrected chi connectivity index (χ0v) is 21.3.